The molecule has 0 unspecified atom stereocenters. The van der Waals surface area contributed by atoms with Gasteiger partial charge in [-0.05, 0) is 50.8 Å². The van der Waals surface area contributed by atoms with Crippen LogP contribution in [0.4, 0.5) is 0 Å². The average Bonchev–Trinajstić information content (AvgIpc) is 2.00. The molecule has 0 amide bonds. The Kier molecular flexibility index (Phi) is 7.86. The molecule has 86 valence electrons. The molecule has 0 aromatic rings. The molecule has 0 aliphatic carbocycles. The molecule has 0 heterocycles. The smallest absolute Gasteiger partial charge is 0.0000126 e. The van der Waals surface area contributed by atoms with Gasteiger partial charge in [-0.15, -0.1) is 7.92 Å². The molecule has 1 N–H and O–H groups in total. The van der Waals surface area contributed by atoms with Crippen LogP contribution in [0.2, 0.25) is 0 Å². The lowest BCUT2D eigenvalue weighted by molar-refractivity contribution is 0.378. The van der Waals surface area contributed by atoms with Gasteiger partial charge in [-0.2, -0.15) is 0 Å². The van der Waals surface area contributed by atoms with E-state index in [0.29, 0.717) is 13.3 Å². The van der Waals surface area contributed by atoms with Crippen molar-refractivity contribution in [2.75, 3.05) is 32.6 Å². The molecule has 0 aromatic carbocycles. The van der Waals surface area contributed by atoms with E-state index in [1.54, 1.807) is 0 Å². The Hall–Kier alpha value is 0.390. The van der Waals surface area contributed by atoms with E-state index in [0.717, 1.165) is 6.54 Å². The maximum absolute atomic E-state index is 3.52. The van der Waals surface area contributed by atoms with Crippen molar-refractivity contribution in [3.8, 4) is 0 Å². The van der Waals surface area contributed by atoms with Gasteiger partial charge < -0.3 is 5.32 Å². The van der Waals surface area contributed by atoms with Crippen molar-refractivity contribution in [2.45, 2.75) is 40.0 Å². The average molecular weight is 217 g/mol. The second-order valence-electron chi connectivity index (χ2n) is 5.60. The Morgan fingerprint density at radius 3 is 2.14 bits per heavy atom. The first-order chi connectivity index (χ1) is 6.42. The van der Waals surface area contributed by atoms with Gasteiger partial charge in [0.25, 0.3) is 0 Å². The molecule has 0 saturated carbocycles. The fourth-order valence-electron chi connectivity index (χ4n) is 1.32. The standard InChI is InChI=1S/C12H28NP/c1-12(2,3)11-13-9-7-6-8-10-14(4)5/h13H,6-11H2,1-5H3. The van der Waals surface area contributed by atoms with E-state index in [1.807, 2.05) is 0 Å². The number of rotatable bonds is 7. The predicted molar refractivity (Wildman–Crippen MR) is 69.8 cm³/mol. The van der Waals surface area contributed by atoms with Crippen molar-refractivity contribution in [1.29, 1.82) is 0 Å². The first-order valence-corrected chi connectivity index (χ1v) is 8.19. The van der Waals surface area contributed by atoms with Crippen molar-refractivity contribution >= 4 is 7.92 Å². The van der Waals surface area contributed by atoms with Crippen LogP contribution in [0.1, 0.15) is 40.0 Å². The maximum atomic E-state index is 3.52. The van der Waals surface area contributed by atoms with E-state index in [4.69, 9.17) is 0 Å². The van der Waals surface area contributed by atoms with Gasteiger partial charge in [0.05, 0.1) is 0 Å². The molecule has 0 atom stereocenters. The number of hydrogen-bond acceptors (Lipinski definition) is 1. The van der Waals surface area contributed by atoms with Crippen molar-refractivity contribution in [3.05, 3.63) is 0 Å². The maximum Gasteiger partial charge on any atom is -0.0000126 e. The van der Waals surface area contributed by atoms with Gasteiger partial charge in [0.1, 0.15) is 0 Å². The third kappa shape index (κ3) is 12.4. The molecule has 0 bridgehead atoms. The highest BCUT2D eigenvalue weighted by Crippen LogP contribution is 2.25. The van der Waals surface area contributed by atoms with Gasteiger partial charge in [0, 0.05) is 0 Å². The minimum Gasteiger partial charge on any atom is -0.316 e. The van der Waals surface area contributed by atoms with Crippen molar-refractivity contribution < 1.29 is 0 Å². The Balaban J connectivity index is 3.07. The van der Waals surface area contributed by atoms with Crippen LogP contribution >= 0.6 is 7.92 Å². The molecule has 0 saturated heterocycles. The molecule has 2 heteroatoms. The summed E-state index contributed by atoms with van der Waals surface area (Å²) in [5.41, 5.74) is 0.432. The highest BCUT2D eigenvalue weighted by Gasteiger charge is 2.07. The zero-order valence-corrected chi connectivity index (χ0v) is 11.6. The summed E-state index contributed by atoms with van der Waals surface area (Å²) in [6.45, 7) is 13.9. The van der Waals surface area contributed by atoms with E-state index in [-0.39, 0.29) is 0 Å². The SMILES string of the molecule is CP(C)CCCCCNCC(C)(C)C. The monoisotopic (exact) mass is 217 g/mol. The van der Waals surface area contributed by atoms with Crippen LogP contribution in [0.5, 0.6) is 0 Å². The Labute approximate surface area is 91.8 Å². The quantitative estimate of drug-likeness (QED) is 0.508. The Bertz CT molecular complexity index is 127. The first kappa shape index (κ1) is 14.4. The zero-order valence-electron chi connectivity index (χ0n) is 10.7. The lowest BCUT2D eigenvalue weighted by atomic mass is 9.97. The lowest BCUT2D eigenvalue weighted by Crippen LogP contribution is -2.27. The Morgan fingerprint density at radius 2 is 1.64 bits per heavy atom. The van der Waals surface area contributed by atoms with Gasteiger partial charge in [-0.1, -0.05) is 27.2 Å². The molecule has 0 aliphatic rings. The predicted octanol–water partition coefficient (Wildman–Crippen LogP) is 3.53. The van der Waals surface area contributed by atoms with Crippen LogP contribution < -0.4 is 5.32 Å². The van der Waals surface area contributed by atoms with Gasteiger partial charge in [-0.3, -0.25) is 0 Å². The first-order valence-electron chi connectivity index (χ1n) is 5.77. The van der Waals surface area contributed by atoms with E-state index in [1.165, 1.54) is 32.0 Å². The fourth-order valence-corrected chi connectivity index (χ4v) is 2.17. The van der Waals surface area contributed by atoms with Crippen molar-refractivity contribution in [2.24, 2.45) is 5.41 Å². The third-order valence-electron chi connectivity index (χ3n) is 2.11. The molecular formula is C12H28NP. The number of hydrogen-bond donors (Lipinski definition) is 1. The molecule has 0 fully saturated rings. The molecular weight excluding hydrogens is 189 g/mol. The van der Waals surface area contributed by atoms with Crippen LogP contribution in [0.3, 0.4) is 0 Å². The van der Waals surface area contributed by atoms with Gasteiger partial charge in [0.2, 0.25) is 0 Å². The molecule has 0 spiro atoms. The minimum atomic E-state index is 0.336. The van der Waals surface area contributed by atoms with Gasteiger partial charge in [0.15, 0.2) is 0 Å². The molecule has 1 nitrogen and oxygen atoms in total. The van der Waals surface area contributed by atoms with Crippen LogP contribution in [-0.4, -0.2) is 32.6 Å². The fraction of sp³-hybridized carbons (Fsp3) is 1.00. The summed E-state index contributed by atoms with van der Waals surface area (Å²) in [4.78, 5) is 0. The summed E-state index contributed by atoms with van der Waals surface area (Å²) in [7, 11) is 0.336. The summed E-state index contributed by atoms with van der Waals surface area (Å²) < 4.78 is 0. The number of nitrogens with one attached hydrogen (secondary N) is 1. The molecule has 14 heavy (non-hydrogen) atoms. The second kappa shape index (κ2) is 7.65. The van der Waals surface area contributed by atoms with Crippen molar-refractivity contribution in [3.63, 3.8) is 0 Å². The van der Waals surface area contributed by atoms with Crippen LogP contribution in [0.25, 0.3) is 0 Å². The summed E-state index contributed by atoms with van der Waals surface area (Å²) in [5.74, 6) is 0. The topological polar surface area (TPSA) is 12.0 Å². The lowest BCUT2D eigenvalue weighted by Gasteiger charge is -2.18. The van der Waals surface area contributed by atoms with Crippen LogP contribution in [0, 0.1) is 5.41 Å². The normalized spacial score (nSPS) is 12.4. The largest absolute Gasteiger partial charge is 0.316 e. The summed E-state index contributed by atoms with van der Waals surface area (Å²) in [5, 5.41) is 3.52. The summed E-state index contributed by atoms with van der Waals surface area (Å²) in [6.07, 6.45) is 5.63. The van der Waals surface area contributed by atoms with Gasteiger partial charge >= 0.3 is 0 Å². The van der Waals surface area contributed by atoms with Gasteiger partial charge in [-0.25, -0.2) is 0 Å². The van der Waals surface area contributed by atoms with Crippen molar-refractivity contribution in [1.82, 2.24) is 5.32 Å². The molecule has 0 aliphatic heterocycles. The van der Waals surface area contributed by atoms with E-state index in [9.17, 15) is 0 Å². The number of unbranched alkanes of at least 4 members (excludes halogenated alkanes) is 2. The third-order valence-corrected chi connectivity index (χ3v) is 3.32. The highest BCUT2D eigenvalue weighted by atomic mass is 31.1. The highest BCUT2D eigenvalue weighted by molar-refractivity contribution is 7.55. The Morgan fingerprint density at radius 1 is 1.00 bits per heavy atom. The summed E-state index contributed by atoms with van der Waals surface area (Å²) in [6, 6.07) is 0. The van der Waals surface area contributed by atoms with E-state index in [2.05, 4.69) is 39.4 Å². The molecule has 0 rings (SSSR count). The van der Waals surface area contributed by atoms with Crippen LogP contribution in [0.15, 0.2) is 0 Å². The molecule has 0 aromatic heterocycles. The van der Waals surface area contributed by atoms with Crippen LogP contribution in [-0.2, 0) is 0 Å². The minimum absolute atomic E-state index is 0.336. The molecule has 0 radical (unpaired) electrons. The van der Waals surface area contributed by atoms with E-state index >= 15 is 0 Å². The summed E-state index contributed by atoms with van der Waals surface area (Å²) >= 11 is 0. The zero-order chi connectivity index (χ0) is 11.0. The van der Waals surface area contributed by atoms with E-state index < -0.39 is 0 Å². The second-order valence-corrected chi connectivity index (χ2v) is 8.21.